The molecule has 2 aliphatic heterocycles. The Kier molecular flexibility index (Phi) is 2.81. The van der Waals surface area contributed by atoms with Crippen molar-refractivity contribution in [1.29, 1.82) is 0 Å². The molecule has 2 fully saturated rings. The lowest BCUT2D eigenvalue weighted by Gasteiger charge is -2.28. The smallest absolute Gasteiger partial charge is 0.184 e. The van der Waals surface area contributed by atoms with Crippen molar-refractivity contribution in [2.75, 3.05) is 0 Å². The third-order valence-electron chi connectivity index (χ3n) is 4.75. The van der Waals surface area contributed by atoms with Crippen LogP contribution in [0.3, 0.4) is 0 Å². The second-order valence-electron chi connectivity index (χ2n) is 6.05. The Hall–Kier alpha value is -1.74. The summed E-state index contributed by atoms with van der Waals surface area (Å²) in [4.78, 5) is 17.2. The van der Waals surface area contributed by atoms with E-state index in [9.17, 15) is 4.79 Å². The first-order valence-electron chi connectivity index (χ1n) is 7.45. The largest absolute Gasteiger partial charge is 0.311 e. The maximum Gasteiger partial charge on any atom is 0.184 e. The van der Waals surface area contributed by atoms with Crippen molar-refractivity contribution in [2.24, 2.45) is 5.92 Å². The molecule has 2 aromatic rings. The average Bonchev–Trinajstić information content (AvgIpc) is 2.84. The summed E-state index contributed by atoms with van der Waals surface area (Å²) < 4.78 is 0. The Morgan fingerprint density at radius 3 is 2.65 bits per heavy atom. The molecule has 0 aliphatic carbocycles. The quantitative estimate of drug-likeness (QED) is 0.850. The van der Waals surface area contributed by atoms with Gasteiger partial charge in [-0.25, -0.2) is 0 Å². The molecule has 0 amide bonds. The van der Waals surface area contributed by atoms with Crippen LogP contribution in [0.25, 0.3) is 10.8 Å². The first-order chi connectivity index (χ1) is 9.81. The van der Waals surface area contributed by atoms with Crippen molar-refractivity contribution >= 4 is 16.6 Å². The van der Waals surface area contributed by atoms with Crippen LogP contribution >= 0.6 is 0 Å². The van der Waals surface area contributed by atoms with Crippen LogP contribution in [-0.2, 0) is 0 Å². The molecule has 1 N–H and O–H groups in total. The number of piperidine rings is 1. The molecule has 4 rings (SSSR count). The average molecular weight is 266 g/mol. The lowest BCUT2D eigenvalue weighted by Crippen LogP contribution is -2.40. The number of hydrogen-bond donors (Lipinski definition) is 1. The molecule has 3 heterocycles. The van der Waals surface area contributed by atoms with Gasteiger partial charge in [0.25, 0.3) is 0 Å². The zero-order chi connectivity index (χ0) is 13.5. The molecule has 0 saturated carbocycles. The molecule has 2 bridgehead atoms. The molecule has 0 radical (unpaired) electrons. The Labute approximate surface area is 118 Å². The van der Waals surface area contributed by atoms with Crippen LogP contribution in [0.2, 0.25) is 0 Å². The van der Waals surface area contributed by atoms with Gasteiger partial charge in [0, 0.05) is 29.6 Å². The predicted octanol–water partition coefficient (Wildman–Crippen LogP) is 2.95. The summed E-state index contributed by atoms with van der Waals surface area (Å²) in [6.45, 7) is 0. The molecular weight excluding hydrogens is 248 g/mol. The summed E-state index contributed by atoms with van der Waals surface area (Å²) in [6, 6.07) is 11.1. The molecule has 3 nitrogen and oxygen atoms in total. The van der Waals surface area contributed by atoms with E-state index in [1.54, 1.807) is 6.20 Å². The molecule has 2 unspecified atom stereocenters. The van der Waals surface area contributed by atoms with Crippen molar-refractivity contribution in [3.63, 3.8) is 0 Å². The Morgan fingerprint density at radius 1 is 1.10 bits per heavy atom. The van der Waals surface area contributed by atoms with Crippen LogP contribution in [-0.4, -0.2) is 22.9 Å². The van der Waals surface area contributed by atoms with E-state index < -0.39 is 0 Å². The van der Waals surface area contributed by atoms with Crippen LogP contribution in [0.1, 0.15) is 36.2 Å². The minimum atomic E-state index is 0.145. The summed E-state index contributed by atoms with van der Waals surface area (Å²) in [7, 11) is 0. The number of ketones is 1. The van der Waals surface area contributed by atoms with Crippen molar-refractivity contribution in [3.05, 3.63) is 42.2 Å². The Bertz CT molecular complexity index is 650. The monoisotopic (exact) mass is 266 g/mol. The van der Waals surface area contributed by atoms with Crippen LogP contribution in [0.4, 0.5) is 0 Å². The van der Waals surface area contributed by atoms with E-state index in [0.29, 0.717) is 17.8 Å². The zero-order valence-corrected chi connectivity index (χ0v) is 11.4. The van der Waals surface area contributed by atoms with E-state index in [1.807, 2.05) is 30.3 Å². The van der Waals surface area contributed by atoms with Gasteiger partial charge in [-0.1, -0.05) is 24.3 Å². The fraction of sp³-hybridized carbons (Fsp3) is 0.412. The number of nitrogens with zero attached hydrogens (tertiary/aromatic N) is 1. The fourth-order valence-electron chi connectivity index (χ4n) is 3.78. The van der Waals surface area contributed by atoms with Gasteiger partial charge in [-0.05, 0) is 37.1 Å². The summed E-state index contributed by atoms with van der Waals surface area (Å²) in [5.41, 5.74) is 0.661. The number of pyridine rings is 1. The van der Waals surface area contributed by atoms with Crippen molar-refractivity contribution in [1.82, 2.24) is 10.3 Å². The minimum absolute atomic E-state index is 0.145. The highest BCUT2D eigenvalue weighted by Crippen LogP contribution is 2.33. The normalized spacial score (nSPS) is 28.7. The van der Waals surface area contributed by atoms with Gasteiger partial charge in [0.2, 0.25) is 0 Å². The van der Waals surface area contributed by atoms with E-state index >= 15 is 0 Å². The fourth-order valence-corrected chi connectivity index (χ4v) is 3.78. The third kappa shape index (κ3) is 1.93. The number of carbonyl (C=O) groups excluding carboxylic acids is 1. The first-order valence-corrected chi connectivity index (χ1v) is 7.45. The van der Waals surface area contributed by atoms with Crippen molar-refractivity contribution in [3.8, 4) is 0 Å². The first kappa shape index (κ1) is 12.0. The van der Waals surface area contributed by atoms with Gasteiger partial charge < -0.3 is 5.32 Å². The van der Waals surface area contributed by atoms with E-state index in [-0.39, 0.29) is 11.7 Å². The van der Waals surface area contributed by atoms with Gasteiger partial charge in [0.15, 0.2) is 5.78 Å². The molecule has 1 aromatic heterocycles. The maximum atomic E-state index is 12.8. The SMILES string of the molecule is O=C(c1nccc2ccccc12)C1CC2CCC(C1)N2. The lowest BCUT2D eigenvalue weighted by molar-refractivity contribution is 0.0872. The number of carbonyl (C=O) groups is 1. The third-order valence-corrected chi connectivity index (χ3v) is 4.75. The molecule has 0 spiro atoms. The molecule has 102 valence electrons. The van der Waals surface area contributed by atoms with E-state index in [4.69, 9.17) is 0 Å². The van der Waals surface area contributed by atoms with Crippen LogP contribution < -0.4 is 5.32 Å². The number of rotatable bonds is 2. The molecule has 2 aliphatic rings. The number of nitrogens with one attached hydrogen (secondary N) is 1. The summed E-state index contributed by atoms with van der Waals surface area (Å²) >= 11 is 0. The molecule has 20 heavy (non-hydrogen) atoms. The molecule has 1 aromatic carbocycles. The summed E-state index contributed by atoms with van der Waals surface area (Å²) in [5, 5.41) is 5.68. The number of aromatic nitrogens is 1. The van der Waals surface area contributed by atoms with Crippen molar-refractivity contribution < 1.29 is 4.79 Å². The molecule has 2 saturated heterocycles. The van der Waals surface area contributed by atoms with Crippen LogP contribution in [0.5, 0.6) is 0 Å². The number of hydrogen-bond acceptors (Lipinski definition) is 3. The number of fused-ring (bicyclic) bond motifs is 3. The van der Waals surface area contributed by atoms with Crippen molar-refractivity contribution in [2.45, 2.75) is 37.8 Å². The van der Waals surface area contributed by atoms with Gasteiger partial charge >= 0.3 is 0 Å². The van der Waals surface area contributed by atoms with Gasteiger partial charge in [-0.15, -0.1) is 0 Å². The molecule has 3 heteroatoms. The number of benzene rings is 1. The highest BCUT2D eigenvalue weighted by atomic mass is 16.1. The van der Waals surface area contributed by atoms with E-state index in [0.717, 1.165) is 23.6 Å². The second-order valence-corrected chi connectivity index (χ2v) is 6.05. The molecular formula is C17H18N2O. The predicted molar refractivity (Wildman–Crippen MR) is 78.7 cm³/mol. The molecule has 2 atom stereocenters. The number of Topliss-reactive ketones (excluding diaryl/α,β-unsaturated/α-hetero) is 1. The minimum Gasteiger partial charge on any atom is -0.311 e. The van der Waals surface area contributed by atoms with Gasteiger partial charge in [0.1, 0.15) is 5.69 Å². The Morgan fingerprint density at radius 2 is 1.85 bits per heavy atom. The summed E-state index contributed by atoms with van der Waals surface area (Å²) in [5.74, 6) is 0.382. The van der Waals surface area contributed by atoms with Gasteiger partial charge in [-0.3, -0.25) is 9.78 Å². The Balaban J connectivity index is 1.70. The van der Waals surface area contributed by atoms with E-state index in [2.05, 4.69) is 10.3 Å². The maximum absolute atomic E-state index is 12.8. The summed E-state index contributed by atoms with van der Waals surface area (Å²) in [6.07, 6.45) is 6.14. The second kappa shape index (κ2) is 4.67. The van der Waals surface area contributed by atoms with Gasteiger partial charge in [-0.2, -0.15) is 0 Å². The van der Waals surface area contributed by atoms with Crippen LogP contribution in [0, 0.1) is 5.92 Å². The highest BCUT2D eigenvalue weighted by Gasteiger charge is 2.37. The lowest BCUT2D eigenvalue weighted by atomic mass is 9.86. The van der Waals surface area contributed by atoms with Crippen LogP contribution in [0.15, 0.2) is 36.5 Å². The zero-order valence-electron chi connectivity index (χ0n) is 11.4. The van der Waals surface area contributed by atoms with E-state index in [1.165, 1.54) is 12.8 Å². The van der Waals surface area contributed by atoms with Gasteiger partial charge in [0.05, 0.1) is 0 Å². The topological polar surface area (TPSA) is 42.0 Å². The highest BCUT2D eigenvalue weighted by molar-refractivity contribution is 6.07. The standard InChI is InChI=1S/C17H18N2O/c20-17(12-9-13-5-6-14(10-12)19-13)16-15-4-2-1-3-11(15)7-8-18-16/h1-4,7-8,12-14,19H,5-6,9-10H2.